The average Bonchev–Trinajstić information content (AvgIpc) is 3.57. The number of hydrogen-bond donors (Lipinski definition) is 1. The van der Waals surface area contributed by atoms with E-state index in [4.69, 9.17) is 14.2 Å². The van der Waals surface area contributed by atoms with Gasteiger partial charge in [-0.2, -0.15) is 0 Å². The van der Waals surface area contributed by atoms with Crippen molar-refractivity contribution in [1.29, 1.82) is 0 Å². The normalized spacial score (nSPS) is 22.3. The van der Waals surface area contributed by atoms with Crippen LogP contribution in [0.3, 0.4) is 0 Å². The van der Waals surface area contributed by atoms with E-state index in [0.29, 0.717) is 34.9 Å². The number of para-hydroxylation sites is 2. The number of amides is 3. The van der Waals surface area contributed by atoms with Crippen molar-refractivity contribution >= 4 is 48.0 Å². The van der Waals surface area contributed by atoms with E-state index < -0.39 is 19.8 Å². The van der Waals surface area contributed by atoms with Gasteiger partial charge in [-0.05, 0) is 53.6 Å². The highest BCUT2D eigenvalue weighted by Gasteiger charge is 2.66. The summed E-state index contributed by atoms with van der Waals surface area (Å²) >= 11 is 0. The highest BCUT2D eigenvalue weighted by atomic mass is 28.3. The lowest BCUT2D eigenvalue weighted by molar-refractivity contribution is -0.149. The maximum Gasteiger partial charge on any atom is 0.269 e. The van der Waals surface area contributed by atoms with E-state index in [0.717, 1.165) is 16.5 Å². The molecule has 11 heteroatoms. The number of carbonyl (C=O) groups excluding carboxylic acids is 3. The van der Waals surface area contributed by atoms with Gasteiger partial charge >= 0.3 is 0 Å². The van der Waals surface area contributed by atoms with Crippen LogP contribution < -0.4 is 24.5 Å². The highest BCUT2D eigenvalue weighted by Crippen LogP contribution is 2.60. The minimum atomic E-state index is -2.53. The summed E-state index contributed by atoms with van der Waals surface area (Å²) in [5.74, 6) is 0.444. The molecule has 0 aromatic heterocycles. The minimum Gasteiger partial charge on any atom is -0.497 e. The van der Waals surface area contributed by atoms with E-state index in [1.807, 2.05) is 84.9 Å². The number of anilines is 3. The van der Waals surface area contributed by atoms with Crippen LogP contribution in [-0.4, -0.2) is 75.8 Å². The third-order valence-electron chi connectivity index (χ3n) is 11.2. The van der Waals surface area contributed by atoms with Crippen LogP contribution >= 0.6 is 0 Å². The number of fused-ring (bicyclic) bond motifs is 3. The van der Waals surface area contributed by atoms with Crippen molar-refractivity contribution in [3.05, 3.63) is 108 Å². The molecule has 1 fully saturated rings. The summed E-state index contributed by atoms with van der Waals surface area (Å²) < 4.78 is 18.4. The number of carbonyl (C=O) groups is 3. The fourth-order valence-electron chi connectivity index (χ4n) is 8.65. The van der Waals surface area contributed by atoms with E-state index in [1.54, 1.807) is 28.9 Å². The Bertz CT molecular complexity index is 1990. The molecule has 3 heterocycles. The van der Waals surface area contributed by atoms with Gasteiger partial charge in [0, 0.05) is 37.3 Å². The molecule has 3 aliphatic heterocycles. The number of aliphatic hydroxyl groups is 1. The van der Waals surface area contributed by atoms with E-state index in [9.17, 15) is 19.5 Å². The zero-order valence-electron chi connectivity index (χ0n) is 30.2. The Morgan fingerprint density at radius 2 is 1.69 bits per heavy atom. The molecule has 4 atom stereocenters. The predicted octanol–water partition coefficient (Wildman–Crippen LogP) is 5.36. The lowest BCUT2D eigenvalue weighted by atomic mass is 9.82. The maximum atomic E-state index is 14.7. The molecule has 0 unspecified atom stereocenters. The molecule has 0 saturated carbocycles. The molecule has 0 bridgehead atoms. The lowest BCUT2D eigenvalue weighted by Gasteiger charge is -2.37. The first kappa shape index (κ1) is 35.4. The molecule has 1 saturated heterocycles. The molecule has 0 radical (unpaired) electrons. The Hall–Kier alpha value is -4.97. The van der Waals surface area contributed by atoms with Gasteiger partial charge in [0.25, 0.3) is 11.8 Å². The second-order valence-electron chi connectivity index (χ2n) is 14.4. The van der Waals surface area contributed by atoms with Crippen LogP contribution in [0.4, 0.5) is 17.1 Å². The van der Waals surface area contributed by atoms with Gasteiger partial charge in [-0.15, -0.1) is 0 Å². The third kappa shape index (κ3) is 5.86. The number of nitrogens with zero attached hydrogens (tertiary/aromatic N) is 3. The first-order valence-corrected chi connectivity index (χ1v) is 20.8. The SMILES string of the molecule is COc1ccc([Si](C)(C)[C@H]2[C@H](CC(=O)N(CCO)Cc3ccccc3)O[C@@]3(C(=O)N(C)c4ccc(N5C(=O)COc6ccccc65)cc43)[C@@H]2C)cc1. The summed E-state index contributed by atoms with van der Waals surface area (Å²) in [5.41, 5.74) is 2.00. The Kier molecular flexibility index (Phi) is 9.45. The summed E-state index contributed by atoms with van der Waals surface area (Å²) in [6, 6.07) is 30.8. The second kappa shape index (κ2) is 13.9. The van der Waals surface area contributed by atoms with Gasteiger partial charge in [0.05, 0.1) is 45.7 Å². The average molecular weight is 720 g/mol. The van der Waals surface area contributed by atoms with Gasteiger partial charge in [0.1, 0.15) is 11.5 Å². The van der Waals surface area contributed by atoms with Crippen LogP contribution in [0.5, 0.6) is 11.5 Å². The molecule has 3 amide bonds. The Balaban J connectivity index is 1.32. The zero-order valence-corrected chi connectivity index (χ0v) is 31.2. The van der Waals surface area contributed by atoms with Crippen molar-refractivity contribution in [2.24, 2.45) is 5.92 Å². The first-order chi connectivity index (χ1) is 25.0. The summed E-state index contributed by atoms with van der Waals surface area (Å²) in [4.78, 5) is 47.4. The van der Waals surface area contributed by atoms with Gasteiger partial charge in [0.15, 0.2) is 12.2 Å². The van der Waals surface area contributed by atoms with Crippen molar-refractivity contribution < 1.29 is 33.7 Å². The molecule has 0 aliphatic carbocycles. The molecule has 1 spiro atoms. The molecular weight excluding hydrogens is 675 g/mol. The topological polar surface area (TPSA) is 109 Å². The molecule has 7 rings (SSSR count). The van der Waals surface area contributed by atoms with Crippen LogP contribution in [0.15, 0.2) is 97.1 Å². The molecule has 4 aromatic rings. The highest BCUT2D eigenvalue weighted by molar-refractivity contribution is 6.91. The summed E-state index contributed by atoms with van der Waals surface area (Å²) in [5, 5.41) is 11.1. The molecule has 270 valence electrons. The number of methoxy groups -OCH3 is 1. The zero-order chi connectivity index (χ0) is 36.8. The predicted molar refractivity (Wildman–Crippen MR) is 202 cm³/mol. The smallest absolute Gasteiger partial charge is 0.269 e. The second-order valence-corrected chi connectivity index (χ2v) is 19.1. The lowest BCUT2D eigenvalue weighted by Crippen LogP contribution is -2.52. The van der Waals surface area contributed by atoms with Crippen molar-refractivity contribution in [2.75, 3.05) is 43.7 Å². The first-order valence-electron chi connectivity index (χ1n) is 17.7. The van der Waals surface area contributed by atoms with Gasteiger partial charge in [-0.25, -0.2) is 0 Å². The van der Waals surface area contributed by atoms with E-state index >= 15 is 0 Å². The number of likely N-dealkylation sites (N-methyl/N-ethyl adjacent to an activating group) is 1. The quantitative estimate of drug-likeness (QED) is 0.220. The van der Waals surface area contributed by atoms with Crippen molar-refractivity contribution in [3.63, 3.8) is 0 Å². The molecular formula is C41H45N3O7Si. The Morgan fingerprint density at radius 1 is 0.981 bits per heavy atom. The van der Waals surface area contributed by atoms with Crippen molar-refractivity contribution in [3.8, 4) is 11.5 Å². The summed E-state index contributed by atoms with van der Waals surface area (Å²) in [6.45, 7) is 6.86. The number of rotatable bonds is 10. The minimum absolute atomic E-state index is 0.0392. The maximum absolute atomic E-state index is 14.7. The van der Waals surface area contributed by atoms with Gasteiger partial charge in [-0.3, -0.25) is 19.3 Å². The van der Waals surface area contributed by atoms with E-state index in [1.165, 1.54) is 0 Å². The van der Waals surface area contributed by atoms with Crippen LogP contribution in [-0.2, 0) is 31.3 Å². The third-order valence-corrected chi connectivity index (χ3v) is 15.6. The molecule has 4 aromatic carbocycles. The summed E-state index contributed by atoms with van der Waals surface area (Å²) in [6.07, 6.45) is -0.571. The Labute approximate surface area is 305 Å². The monoisotopic (exact) mass is 719 g/mol. The molecule has 3 aliphatic rings. The van der Waals surface area contributed by atoms with Crippen LogP contribution in [0, 0.1) is 5.92 Å². The molecule has 1 N–H and O–H groups in total. The van der Waals surface area contributed by atoms with Crippen molar-refractivity contribution in [1.82, 2.24) is 4.90 Å². The number of hydrogen-bond acceptors (Lipinski definition) is 7. The number of aliphatic hydroxyl groups excluding tert-OH is 1. The van der Waals surface area contributed by atoms with Crippen molar-refractivity contribution in [2.45, 2.75) is 50.2 Å². The standard InChI is InChI=1S/C41H45N3O7Si/c1-27-39(52(4,5)31-18-16-30(49-3)17-19-31)36(24-37(46)43(21-22-45)25-28-11-7-6-8-12-28)51-41(27)32-23-29(15-20-33(32)42(2)40(41)48)44-34-13-9-10-14-35(34)50-26-38(44)47/h6-20,23,27,36,39,45H,21-22,24-26H2,1-5H3/t27-,36+,39-,41+/m1/s1. The number of benzene rings is 4. The van der Waals surface area contributed by atoms with Crippen LogP contribution in [0.2, 0.25) is 18.6 Å². The Morgan fingerprint density at radius 3 is 2.40 bits per heavy atom. The molecule has 10 nitrogen and oxygen atoms in total. The van der Waals surface area contributed by atoms with Crippen LogP contribution in [0.1, 0.15) is 24.5 Å². The largest absolute Gasteiger partial charge is 0.497 e. The fourth-order valence-corrected chi connectivity index (χ4v) is 12.7. The number of ether oxygens (including phenoxy) is 3. The van der Waals surface area contributed by atoms with E-state index in [-0.39, 0.29) is 55.4 Å². The van der Waals surface area contributed by atoms with Crippen LogP contribution in [0.25, 0.3) is 0 Å². The van der Waals surface area contributed by atoms with E-state index in [2.05, 4.69) is 32.2 Å². The van der Waals surface area contributed by atoms with Gasteiger partial charge in [0.2, 0.25) is 5.91 Å². The summed E-state index contributed by atoms with van der Waals surface area (Å²) in [7, 11) is 0.867. The van der Waals surface area contributed by atoms with Gasteiger partial charge in [-0.1, -0.05) is 79.8 Å². The molecule has 52 heavy (non-hydrogen) atoms. The van der Waals surface area contributed by atoms with Gasteiger partial charge < -0.3 is 29.1 Å². The fraction of sp³-hybridized carbons (Fsp3) is 0.341.